The van der Waals surface area contributed by atoms with E-state index in [1.807, 2.05) is 6.92 Å². The summed E-state index contributed by atoms with van der Waals surface area (Å²) in [5, 5.41) is 0. The molecule has 0 spiro atoms. The van der Waals surface area contributed by atoms with Crippen LogP contribution in [0.2, 0.25) is 12.6 Å². The maximum Gasteiger partial charge on any atom is 0.334 e. The summed E-state index contributed by atoms with van der Waals surface area (Å²) in [5.74, 6) is -0.314. The minimum Gasteiger partial charge on any atom is -0.460 e. The van der Waals surface area contributed by atoms with Crippen LogP contribution >= 0.6 is 0 Å². The van der Waals surface area contributed by atoms with E-state index in [4.69, 9.17) is 13.6 Å². The van der Waals surface area contributed by atoms with Gasteiger partial charge in [-0.05, 0) is 32.4 Å². The quantitative estimate of drug-likeness (QED) is 0.123. The third-order valence-corrected chi connectivity index (χ3v) is 8.08. The van der Waals surface area contributed by atoms with Crippen LogP contribution in [0.15, 0.2) is 12.7 Å². The van der Waals surface area contributed by atoms with Crippen LogP contribution in [-0.4, -0.2) is 34.9 Å². The van der Waals surface area contributed by atoms with Gasteiger partial charge in [0.1, 0.15) is 0 Å². The van der Waals surface area contributed by atoms with Gasteiger partial charge < -0.3 is 13.6 Å². The monoisotopic (exact) mass is 386 g/mol. The van der Waals surface area contributed by atoms with Gasteiger partial charge in [0.2, 0.25) is 0 Å². The highest BCUT2D eigenvalue weighted by molar-refractivity contribution is 6.65. The maximum atomic E-state index is 11.1. The summed E-state index contributed by atoms with van der Waals surface area (Å²) in [4.78, 5) is 11.1. The molecule has 0 aromatic heterocycles. The van der Waals surface area contributed by atoms with Crippen LogP contribution in [-0.2, 0) is 18.4 Å². The number of unbranched alkanes of at least 4 members (excludes halogenated alkanes) is 10. The van der Waals surface area contributed by atoms with Crippen LogP contribution in [0.25, 0.3) is 0 Å². The Kier molecular flexibility index (Phi) is 16.1. The molecule has 154 valence electrons. The second kappa shape index (κ2) is 16.5. The predicted octanol–water partition coefficient (Wildman–Crippen LogP) is 6.15. The van der Waals surface area contributed by atoms with Crippen molar-refractivity contribution in [3.63, 3.8) is 0 Å². The number of carbonyl (C=O) groups excluding carboxylic acids is 1. The number of carbonyl (C=O) groups is 1. The molecule has 0 aliphatic heterocycles. The van der Waals surface area contributed by atoms with Gasteiger partial charge >= 0.3 is 14.5 Å². The lowest BCUT2D eigenvalue weighted by molar-refractivity contribution is -0.142. The number of hydrogen-bond donors (Lipinski definition) is 0. The first kappa shape index (κ1) is 25.3. The van der Waals surface area contributed by atoms with Crippen molar-refractivity contribution in [1.82, 2.24) is 0 Å². The van der Waals surface area contributed by atoms with Crippen LogP contribution < -0.4 is 0 Å². The molecule has 0 aliphatic rings. The molecule has 0 aromatic rings. The first-order valence-electron chi connectivity index (χ1n) is 10.4. The lowest BCUT2D eigenvalue weighted by Gasteiger charge is -2.22. The van der Waals surface area contributed by atoms with Crippen LogP contribution in [0.3, 0.4) is 0 Å². The third-order valence-electron chi connectivity index (χ3n) is 5.09. The summed E-state index contributed by atoms with van der Waals surface area (Å²) < 4.78 is 16.2. The zero-order valence-corrected chi connectivity index (χ0v) is 18.7. The zero-order valence-electron chi connectivity index (χ0n) is 17.7. The minimum atomic E-state index is -1.84. The van der Waals surface area contributed by atoms with Crippen molar-refractivity contribution in [2.75, 3.05) is 14.2 Å². The summed E-state index contributed by atoms with van der Waals surface area (Å²) in [6, 6.07) is 1.10. The Bertz CT molecular complexity index is 356. The standard InChI is InChI=1S/C21H42O4Si/c1-6-21(22)25-20(2)18-16-14-12-10-8-7-9-11-13-15-17-19-26(5,23-3)24-4/h6,20H,1,7-19H2,2-5H3. The highest BCUT2D eigenvalue weighted by Gasteiger charge is 2.27. The number of ether oxygens (including phenoxy) is 1. The van der Waals surface area contributed by atoms with Crippen molar-refractivity contribution < 1.29 is 18.4 Å². The van der Waals surface area contributed by atoms with E-state index in [1.54, 1.807) is 14.2 Å². The van der Waals surface area contributed by atoms with Gasteiger partial charge in [-0.1, -0.05) is 70.8 Å². The lowest BCUT2D eigenvalue weighted by Crippen LogP contribution is -2.35. The Labute approximate surface area is 162 Å². The highest BCUT2D eigenvalue weighted by Crippen LogP contribution is 2.18. The Hall–Kier alpha value is -0.653. The van der Waals surface area contributed by atoms with Gasteiger partial charge in [0, 0.05) is 20.3 Å². The number of hydrogen-bond acceptors (Lipinski definition) is 4. The van der Waals surface area contributed by atoms with Gasteiger partial charge in [-0.15, -0.1) is 0 Å². The van der Waals surface area contributed by atoms with Crippen molar-refractivity contribution in [1.29, 1.82) is 0 Å². The molecule has 1 unspecified atom stereocenters. The van der Waals surface area contributed by atoms with Crippen molar-refractivity contribution in [2.45, 2.75) is 103 Å². The molecule has 0 saturated carbocycles. The molecule has 0 amide bonds. The first-order chi connectivity index (χ1) is 12.5. The van der Waals surface area contributed by atoms with Gasteiger partial charge in [0.05, 0.1) is 6.10 Å². The summed E-state index contributed by atoms with van der Waals surface area (Å²) in [5.41, 5.74) is 0. The third kappa shape index (κ3) is 14.5. The molecule has 0 rings (SSSR count). The van der Waals surface area contributed by atoms with Gasteiger partial charge in [-0.25, -0.2) is 4.79 Å². The van der Waals surface area contributed by atoms with Gasteiger partial charge in [-0.3, -0.25) is 0 Å². The van der Waals surface area contributed by atoms with E-state index < -0.39 is 8.56 Å². The Morgan fingerprint density at radius 3 is 1.73 bits per heavy atom. The largest absolute Gasteiger partial charge is 0.460 e. The Morgan fingerprint density at radius 1 is 0.885 bits per heavy atom. The summed E-state index contributed by atoms with van der Waals surface area (Å²) >= 11 is 0. The molecule has 0 N–H and O–H groups in total. The fraction of sp³-hybridized carbons (Fsp3) is 0.857. The molecular weight excluding hydrogens is 344 g/mol. The fourth-order valence-corrected chi connectivity index (χ4v) is 4.53. The van der Waals surface area contributed by atoms with E-state index in [0.717, 1.165) is 18.9 Å². The van der Waals surface area contributed by atoms with Crippen molar-refractivity contribution >= 4 is 14.5 Å². The van der Waals surface area contributed by atoms with E-state index in [0.29, 0.717) is 0 Å². The van der Waals surface area contributed by atoms with Gasteiger partial charge in [0.15, 0.2) is 0 Å². The van der Waals surface area contributed by atoms with E-state index in [-0.39, 0.29) is 12.1 Å². The summed E-state index contributed by atoms with van der Waals surface area (Å²) in [7, 11) is 1.70. The topological polar surface area (TPSA) is 44.8 Å². The van der Waals surface area contributed by atoms with E-state index in [9.17, 15) is 4.79 Å². The first-order valence-corrected chi connectivity index (χ1v) is 12.9. The second-order valence-electron chi connectivity index (χ2n) is 7.42. The zero-order chi connectivity index (χ0) is 19.7. The SMILES string of the molecule is C=CC(=O)OC(C)CCCCCCCCCCCCC[Si](C)(OC)OC. The van der Waals surface area contributed by atoms with Gasteiger partial charge in [-0.2, -0.15) is 0 Å². The molecule has 5 heteroatoms. The number of esters is 1. The molecule has 0 bridgehead atoms. The normalized spacial score (nSPS) is 12.8. The van der Waals surface area contributed by atoms with Crippen LogP contribution in [0.4, 0.5) is 0 Å². The number of rotatable bonds is 18. The molecule has 0 aliphatic carbocycles. The molecule has 26 heavy (non-hydrogen) atoms. The average molecular weight is 387 g/mol. The van der Waals surface area contributed by atoms with Crippen molar-refractivity contribution in [2.24, 2.45) is 0 Å². The summed E-state index contributed by atoms with van der Waals surface area (Å²) in [6.45, 7) is 7.51. The average Bonchev–Trinajstić information content (AvgIpc) is 2.65. The Balaban J connectivity index is 3.29. The Morgan fingerprint density at radius 2 is 1.31 bits per heavy atom. The molecule has 0 radical (unpaired) electrons. The van der Waals surface area contributed by atoms with E-state index >= 15 is 0 Å². The molecule has 0 fully saturated rings. The molecular formula is C21H42O4Si. The van der Waals surface area contributed by atoms with Crippen LogP contribution in [0, 0.1) is 0 Å². The van der Waals surface area contributed by atoms with E-state index in [1.165, 1.54) is 70.3 Å². The fourth-order valence-electron chi connectivity index (χ4n) is 3.06. The molecule has 0 heterocycles. The molecule has 4 nitrogen and oxygen atoms in total. The van der Waals surface area contributed by atoms with Crippen LogP contribution in [0.5, 0.6) is 0 Å². The minimum absolute atomic E-state index is 0.00816. The van der Waals surface area contributed by atoms with Gasteiger partial charge in [0.25, 0.3) is 0 Å². The van der Waals surface area contributed by atoms with Crippen molar-refractivity contribution in [3.05, 3.63) is 12.7 Å². The van der Waals surface area contributed by atoms with Crippen molar-refractivity contribution in [3.8, 4) is 0 Å². The summed E-state index contributed by atoms with van der Waals surface area (Å²) in [6.07, 6.45) is 16.4. The smallest absolute Gasteiger partial charge is 0.334 e. The molecule has 1 atom stereocenters. The maximum absolute atomic E-state index is 11.1. The molecule has 0 saturated heterocycles. The second-order valence-corrected chi connectivity index (χ2v) is 11.0. The lowest BCUT2D eigenvalue weighted by atomic mass is 10.0. The van der Waals surface area contributed by atoms with E-state index in [2.05, 4.69) is 13.1 Å². The highest BCUT2D eigenvalue weighted by atomic mass is 28.4. The molecule has 0 aromatic carbocycles. The van der Waals surface area contributed by atoms with Crippen LogP contribution in [0.1, 0.15) is 84.0 Å². The predicted molar refractivity (Wildman–Crippen MR) is 112 cm³/mol.